The Labute approximate surface area is 128 Å². The molecular weight excluding hydrogens is 319 g/mol. The maximum Gasteiger partial charge on any atom is 0.358 e. The molecule has 8 heteroatoms. The first-order chi connectivity index (χ1) is 9.97. The van der Waals surface area contributed by atoms with E-state index in [1.54, 1.807) is 0 Å². The Kier molecular flexibility index (Phi) is 4.87. The molecule has 21 heavy (non-hydrogen) atoms. The van der Waals surface area contributed by atoms with E-state index in [2.05, 4.69) is 10.3 Å². The minimum Gasteiger partial charge on any atom is -0.456 e. The number of halogens is 2. The van der Waals surface area contributed by atoms with Gasteiger partial charge in [0.25, 0.3) is 0 Å². The number of benzene rings is 1. The number of carbonyl (C=O) groups excluding carboxylic acids is 2. The van der Waals surface area contributed by atoms with E-state index in [0.29, 0.717) is 5.13 Å². The molecule has 2 rings (SSSR count). The Hall–Kier alpha value is -1.99. The molecule has 0 radical (unpaired) electrons. The fourth-order valence-electron chi connectivity index (χ4n) is 1.46. The second-order valence-corrected chi connectivity index (χ2v) is 5.26. The average molecular weight is 329 g/mol. The van der Waals surface area contributed by atoms with Gasteiger partial charge in [0.15, 0.2) is 10.8 Å². The molecule has 0 aliphatic heterocycles. The number of thiazole rings is 1. The van der Waals surface area contributed by atoms with E-state index in [9.17, 15) is 14.0 Å². The molecule has 0 saturated heterocycles. The van der Waals surface area contributed by atoms with Crippen molar-refractivity contribution in [1.82, 2.24) is 4.98 Å². The number of rotatable bonds is 4. The van der Waals surface area contributed by atoms with E-state index < -0.39 is 11.8 Å². The molecule has 0 unspecified atom stereocenters. The zero-order valence-corrected chi connectivity index (χ0v) is 12.4. The van der Waals surface area contributed by atoms with Crippen LogP contribution in [0.4, 0.5) is 9.52 Å². The van der Waals surface area contributed by atoms with Crippen LogP contribution in [0.1, 0.15) is 23.0 Å². The molecule has 0 spiro atoms. The van der Waals surface area contributed by atoms with Crippen LogP contribution in [0.25, 0.3) is 0 Å². The first kappa shape index (κ1) is 15.4. The summed E-state index contributed by atoms with van der Waals surface area (Å²) < 4.78 is 18.5. The van der Waals surface area contributed by atoms with Crippen molar-refractivity contribution in [2.75, 3.05) is 5.32 Å². The molecule has 0 bridgehead atoms. The first-order valence-corrected chi connectivity index (χ1v) is 7.06. The van der Waals surface area contributed by atoms with Gasteiger partial charge >= 0.3 is 5.97 Å². The average Bonchev–Trinajstić information content (AvgIpc) is 2.85. The molecule has 0 aliphatic carbocycles. The van der Waals surface area contributed by atoms with E-state index in [4.69, 9.17) is 16.3 Å². The number of aromatic nitrogens is 1. The number of esters is 1. The molecule has 0 saturated carbocycles. The van der Waals surface area contributed by atoms with E-state index in [1.807, 2.05) is 0 Å². The number of ether oxygens (including phenoxy) is 1. The maximum absolute atomic E-state index is 13.5. The zero-order chi connectivity index (χ0) is 15.4. The summed E-state index contributed by atoms with van der Waals surface area (Å²) in [7, 11) is 0. The minimum atomic E-state index is -0.720. The van der Waals surface area contributed by atoms with Crippen molar-refractivity contribution in [3.63, 3.8) is 0 Å². The van der Waals surface area contributed by atoms with E-state index >= 15 is 0 Å². The summed E-state index contributed by atoms with van der Waals surface area (Å²) in [6.07, 6.45) is 0. The van der Waals surface area contributed by atoms with Gasteiger partial charge in [0.1, 0.15) is 12.4 Å². The number of anilines is 1. The van der Waals surface area contributed by atoms with Crippen molar-refractivity contribution in [3.8, 4) is 0 Å². The smallest absolute Gasteiger partial charge is 0.358 e. The van der Waals surface area contributed by atoms with E-state index in [0.717, 1.165) is 11.3 Å². The van der Waals surface area contributed by atoms with Crippen LogP contribution in [-0.2, 0) is 16.1 Å². The van der Waals surface area contributed by atoms with Crippen LogP contribution >= 0.6 is 22.9 Å². The molecule has 1 N–H and O–H groups in total. The van der Waals surface area contributed by atoms with Gasteiger partial charge in [-0.1, -0.05) is 17.7 Å². The van der Waals surface area contributed by atoms with Crippen molar-refractivity contribution >= 4 is 39.9 Å². The van der Waals surface area contributed by atoms with Crippen molar-refractivity contribution in [2.24, 2.45) is 0 Å². The highest BCUT2D eigenvalue weighted by atomic mass is 35.5. The van der Waals surface area contributed by atoms with Gasteiger partial charge in [-0.25, -0.2) is 14.2 Å². The summed E-state index contributed by atoms with van der Waals surface area (Å²) in [6.45, 7) is 1.04. The maximum atomic E-state index is 13.5. The monoisotopic (exact) mass is 328 g/mol. The molecule has 5 nitrogen and oxygen atoms in total. The summed E-state index contributed by atoms with van der Waals surface area (Å²) in [5, 5.41) is 4.36. The highest BCUT2D eigenvalue weighted by Gasteiger charge is 2.15. The SMILES string of the molecule is CC(=O)Nc1nc(C(=O)OCc2c(F)cccc2Cl)cs1. The summed E-state index contributed by atoms with van der Waals surface area (Å²) >= 11 is 6.92. The third-order valence-electron chi connectivity index (χ3n) is 2.41. The summed E-state index contributed by atoms with van der Waals surface area (Å²) in [4.78, 5) is 26.5. The molecule has 0 fully saturated rings. The fraction of sp³-hybridized carbons (Fsp3) is 0.154. The van der Waals surface area contributed by atoms with Crippen LogP contribution in [0.3, 0.4) is 0 Å². The summed E-state index contributed by atoms with van der Waals surface area (Å²) in [5.74, 6) is -1.56. The second-order valence-electron chi connectivity index (χ2n) is 4.00. The Morgan fingerprint density at radius 1 is 1.48 bits per heavy atom. The normalized spacial score (nSPS) is 10.2. The molecule has 0 aliphatic rings. The van der Waals surface area contributed by atoms with Crippen LogP contribution in [0, 0.1) is 5.82 Å². The van der Waals surface area contributed by atoms with Gasteiger partial charge in [0.05, 0.1) is 5.02 Å². The molecular formula is C13H10ClFN2O3S. The largest absolute Gasteiger partial charge is 0.456 e. The number of amides is 1. The van der Waals surface area contributed by atoms with Crippen molar-refractivity contribution in [2.45, 2.75) is 13.5 Å². The van der Waals surface area contributed by atoms with E-state index in [-0.39, 0.29) is 28.8 Å². The molecule has 0 atom stereocenters. The number of nitrogens with zero attached hydrogens (tertiary/aromatic N) is 1. The molecule has 110 valence electrons. The quantitative estimate of drug-likeness (QED) is 0.875. The van der Waals surface area contributed by atoms with Crippen LogP contribution < -0.4 is 5.32 Å². The summed E-state index contributed by atoms with van der Waals surface area (Å²) in [6, 6.07) is 4.20. The lowest BCUT2D eigenvalue weighted by Crippen LogP contribution is -2.09. The Morgan fingerprint density at radius 3 is 2.90 bits per heavy atom. The first-order valence-electron chi connectivity index (χ1n) is 5.80. The standard InChI is InChI=1S/C13H10ClFN2O3S/c1-7(18)16-13-17-11(6-21-13)12(19)20-5-8-9(14)3-2-4-10(8)15/h2-4,6H,5H2,1H3,(H,16,17,18). The zero-order valence-electron chi connectivity index (χ0n) is 10.9. The van der Waals surface area contributed by atoms with Gasteiger partial charge in [-0.3, -0.25) is 4.79 Å². The lowest BCUT2D eigenvalue weighted by atomic mass is 10.2. The van der Waals surface area contributed by atoms with Gasteiger partial charge in [-0.15, -0.1) is 11.3 Å². The number of hydrogen-bond acceptors (Lipinski definition) is 5. The lowest BCUT2D eigenvalue weighted by Gasteiger charge is -2.06. The van der Waals surface area contributed by atoms with Crippen molar-refractivity contribution in [3.05, 3.63) is 45.7 Å². The predicted molar refractivity (Wildman–Crippen MR) is 76.9 cm³/mol. The van der Waals surface area contributed by atoms with Gasteiger partial charge in [0, 0.05) is 17.9 Å². The van der Waals surface area contributed by atoms with Crippen LogP contribution in [0.2, 0.25) is 5.02 Å². The van der Waals surface area contributed by atoms with Crippen LogP contribution in [-0.4, -0.2) is 16.9 Å². The second kappa shape index (κ2) is 6.64. The molecule has 1 aromatic carbocycles. The third kappa shape index (κ3) is 3.99. The number of carbonyl (C=O) groups is 2. The Morgan fingerprint density at radius 2 is 2.24 bits per heavy atom. The fourth-order valence-corrected chi connectivity index (χ4v) is 2.40. The number of nitrogens with one attached hydrogen (secondary N) is 1. The van der Waals surface area contributed by atoms with Gasteiger partial charge < -0.3 is 10.1 Å². The van der Waals surface area contributed by atoms with Gasteiger partial charge in [-0.05, 0) is 12.1 Å². The molecule has 1 aromatic heterocycles. The topological polar surface area (TPSA) is 68.3 Å². The van der Waals surface area contributed by atoms with E-state index in [1.165, 1.54) is 30.5 Å². The lowest BCUT2D eigenvalue weighted by molar-refractivity contribution is -0.114. The summed E-state index contributed by atoms with van der Waals surface area (Å²) in [5.41, 5.74) is 0.140. The molecule has 1 heterocycles. The Balaban J connectivity index is 2.02. The van der Waals surface area contributed by atoms with Gasteiger partial charge in [-0.2, -0.15) is 0 Å². The van der Waals surface area contributed by atoms with Gasteiger partial charge in [0.2, 0.25) is 5.91 Å². The molecule has 2 aromatic rings. The minimum absolute atomic E-state index is 0.0382. The van der Waals surface area contributed by atoms with Crippen LogP contribution in [0.15, 0.2) is 23.6 Å². The van der Waals surface area contributed by atoms with Crippen molar-refractivity contribution < 1.29 is 18.7 Å². The predicted octanol–water partition coefficient (Wildman–Crippen LogP) is 3.25. The van der Waals surface area contributed by atoms with Crippen LogP contribution in [0.5, 0.6) is 0 Å². The molecule has 1 amide bonds. The highest BCUT2D eigenvalue weighted by Crippen LogP contribution is 2.21. The number of hydrogen-bond donors (Lipinski definition) is 1. The van der Waals surface area contributed by atoms with Crippen molar-refractivity contribution in [1.29, 1.82) is 0 Å². The highest BCUT2D eigenvalue weighted by molar-refractivity contribution is 7.14. The third-order valence-corrected chi connectivity index (χ3v) is 3.52. The Bertz CT molecular complexity index is 670.